The van der Waals surface area contributed by atoms with Crippen molar-refractivity contribution < 1.29 is 13.9 Å². The van der Waals surface area contributed by atoms with Crippen LogP contribution in [-0.2, 0) is 17.9 Å². The van der Waals surface area contributed by atoms with Crippen molar-refractivity contribution in [3.8, 4) is 0 Å². The minimum atomic E-state index is -0.649. The molecule has 7 heteroatoms. The number of benzene rings is 2. The number of unbranched alkanes of at least 4 members (excludes halogenated alkanes) is 3. The minimum Gasteiger partial charge on any atom is -0.456 e. The number of fused-ring (bicyclic) bond motifs is 2. The van der Waals surface area contributed by atoms with Crippen LogP contribution in [-0.4, -0.2) is 15.7 Å². The zero-order valence-electron chi connectivity index (χ0n) is 19.7. The van der Waals surface area contributed by atoms with Crippen LogP contribution in [0.15, 0.2) is 56.5 Å². The smallest absolute Gasteiger partial charge is 0.359 e. The third kappa shape index (κ3) is 4.64. The summed E-state index contributed by atoms with van der Waals surface area (Å²) in [5.74, 6) is -0.649. The predicted molar refractivity (Wildman–Crippen MR) is 131 cm³/mol. The third-order valence-corrected chi connectivity index (χ3v) is 6.16. The van der Waals surface area contributed by atoms with Crippen molar-refractivity contribution in [1.29, 1.82) is 0 Å². The number of ether oxygens (including phenoxy) is 1. The number of aromatic nitrogens is 2. The summed E-state index contributed by atoms with van der Waals surface area (Å²) in [6, 6.07) is 12.0. The van der Waals surface area contributed by atoms with Gasteiger partial charge in [-0.25, -0.2) is 14.3 Å². The van der Waals surface area contributed by atoms with Gasteiger partial charge >= 0.3 is 11.6 Å². The molecule has 0 fully saturated rings. The number of aryl methyl sites for hydroxylation is 3. The first kappa shape index (κ1) is 23.4. The van der Waals surface area contributed by atoms with Crippen LogP contribution in [0.25, 0.3) is 21.7 Å². The lowest BCUT2D eigenvalue weighted by Gasteiger charge is -2.12. The second-order valence-electron chi connectivity index (χ2n) is 8.53. The average molecular weight is 461 g/mol. The van der Waals surface area contributed by atoms with Crippen molar-refractivity contribution >= 4 is 27.7 Å². The number of carbonyl (C=O) groups is 1. The molecule has 2 aromatic carbocycles. The van der Waals surface area contributed by atoms with Crippen molar-refractivity contribution in [3.05, 3.63) is 85.6 Å². The molecule has 0 aliphatic carbocycles. The van der Waals surface area contributed by atoms with Crippen LogP contribution in [0.1, 0.15) is 59.8 Å². The zero-order valence-corrected chi connectivity index (χ0v) is 19.7. The van der Waals surface area contributed by atoms with Gasteiger partial charge in [0.15, 0.2) is 5.69 Å². The third-order valence-electron chi connectivity index (χ3n) is 6.16. The van der Waals surface area contributed by atoms with Crippen LogP contribution < -0.4 is 11.2 Å². The Morgan fingerprint density at radius 1 is 1.00 bits per heavy atom. The van der Waals surface area contributed by atoms with E-state index in [1.54, 1.807) is 24.3 Å². The molecular formula is C27H28N2O5. The van der Waals surface area contributed by atoms with Crippen LogP contribution >= 0.6 is 0 Å². The van der Waals surface area contributed by atoms with Crippen molar-refractivity contribution in [2.24, 2.45) is 0 Å². The average Bonchev–Trinajstić information content (AvgIpc) is 2.84. The Bertz CT molecular complexity index is 1480. The molecule has 0 amide bonds. The molecule has 176 valence electrons. The molecule has 0 unspecified atom stereocenters. The van der Waals surface area contributed by atoms with Gasteiger partial charge in [0.2, 0.25) is 0 Å². The maximum absolute atomic E-state index is 13.1. The van der Waals surface area contributed by atoms with E-state index in [1.165, 1.54) is 10.7 Å². The Hall–Kier alpha value is -3.74. The molecule has 0 radical (unpaired) electrons. The van der Waals surface area contributed by atoms with E-state index in [4.69, 9.17) is 9.15 Å². The van der Waals surface area contributed by atoms with Gasteiger partial charge in [-0.15, -0.1) is 0 Å². The van der Waals surface area contributed by atoms with E-state index in [1.807, 2.05) is 26.0 Å². The molecule has 0 N–H and O–H groups in total. The SMILES string of the molecule is CCCCCCn1nc(C(=O)OCc2cc(=O)oc3c(C)c(C)ccc23)c2ccccc2c1=O. The van der Waals surface area contributed by atoms with Gasteiger partial charge in [-0.1, -0.05) is 56.5 Å². The Balaban J connectivity index is 1.66. The van der Waals surface area contributed by atoms with Crippen LogP contribution in [0.4, 0.5) is 0 Å². The van der Waals surface area contributed by atoms with E-state index >= 15 is 0 Å². The van der Waals surface area contributed by atoms with E-state index < -0.39 is 11.6 Å². The quantitative estimate of drug-likeness (QED) is 0.207. The summed E-state index contributed by atoms with van der Waals surface area (Å²) in [6.07, 6.45) is 3.95. The van der Waals surface area contributed by atoms with E-state index in [0.717, 1.165) is 36.8 Å². The van der Waals surface area contributed by atoms with Gasteiger partial charge in [0.1, 0.15) is 12.2 Å². The highest BCUT2D eigenvalue weighted by atomic mass is 16.5. The summed E-state index contributed by atoms with van der Waals surface area (Å²) in [5, 5.41) is 5.96. The molecule has 7 nitrogen and oxygen atoms in total. The first-order valence-electron chi connectivity index (χ1n) is 11.6. The molecule has 4 aromatic rings. The second kappa shape index (κ2) is 10.0. The largest absolute Gasteiger partial charge is 0.456 e. The Labute approximate surface area is 197 Å². The van der Waals surface area contributed by atoms with Crippen LogP contribution in [0.2, 0.25) is 0 Å². The molecule has 0 bridgehead atoms. The first-order chi connectivity index (χ1) is 16.4. The number of carbonyl (C=O) groups excluding carboxylic acids is 1. The van der Waals surface area contributed by atoms with Crippen molar-refractivity contribution in [1.82, 2.24) is 9.78 Å². The number of hydrogen-bond donors (Lipinski definition) is 0. The van der Waals surface area contributed by atoms with Crippen LogP contribution in [0, 0.1) is 13.8 Å². The molecule has 2 aromatic heterocycles. The summed E-state index contributed by atoms with van der Waals surface area (Å²) in [7, 11) is 0. The van der Waals surface area contributed by atoms with Gasteiger partial charge in [-0.05, 0) is 37.5 Å². The lowest BCUT2D eigenvalue weighted by Crippen LogP contribution is -2.26. The highest BCUT2D eigenvalue weighted by Gasteiger charge is 2.19. The molecule has 0 saturated carbocycles. The van der Waals surface area contributed by atoms with Crippen molar-refractivity contribution in [2.45, 2.75) is 59.6 Å². The number of nitrogens with zero attached hydrogens (tertiary/aromatic N) is 2. The fourth-order valence-corrected chi connectivity index (χ4v) is 4.08. The van der Waals surface area contributed by atoms with Gasteiger partial charge < -0.3 is 9.15 Å². The van der Waals surface area contributed by atoms with Crippen molar-refractivity contribution in [2.75, 3.05) is 0 Å². The highest BCUT2D eigenvalue weighted by Crippen LogP contribution is 2.24. The molecule has 0 saturated heterocycles. The summed E-state index contributed by atoms with van der Waals surface area (Å²) in [6.45, 7) is 6.27. The van der Waals surface area contributed by atoms with E-state index in [0.29, 0.717) is 33.8 Å². The molecule has 0 aliphatic rings. The fourth-order valence-electron chi connectivity index (χ4n) is 4.08. The first-order valence-corrected chi connectivity index (χ1v) is 11.6. The minimum absolute atomic E-state index is 0.0880. The van der Waals surface area contributed by atoms with Gasteiger partial charge in [-0.3, -0.25) is 4.79 Å². The highest BCUT2D eigenvalue weighted by molar-refractivity contribution is 6.02. The number of rotatable bonds is 8. The van der Waals surface area contributed by atoms with Gasteiger partial charge in [0.25, 0.3) is 5.56 Å². The fraction of sp³-hybridized carbons (Fsp3) is 0.333. The van der Waals surface area contributed by atoms with Crippen LogP contribution in [0.3, 0.4) is 0 Å². The number of hydrogen-bond acceptors (Lipinski definition) is 6. The zero-order chi connectivity index (χ0) is 24.2. The van der Waals surface area contributed by atoms with Gasteiger partial charge in [-0.2, -0.15) is 5.10 Å². The molecule has 0 atom stereocenters. The Kier molecular flexibility index (Phi) is 6.91. The van der Waals surface area contributed by atoms with Gasteiger partial charge in [0.05, 0.1) is 5.39 Å². The monoisotopic (exact) mass is 460 g/mol. The Morgan fingerprint density at radius 2 is 1.76 bits per heavy atom. The summed E-state index contributed by atoms with van der Waals surface area (Å²) >= 11 is 0. The number of esters is 1. The Morgan fingerprint density at radius 3 is 2.53 bits per heavy atom. The normalized spacial score (nSPS) is 11.3. The molecular weight excluding hydrogens is 432 g/mol. The van der Waals surface area contributed by atoms with E-state index in [2.05, 4.69) is 12.0 Å². The maximum Gasteiger partial charge on any atom is 0.359 e. The summed E-state index contributed by atoms with van der Waals surface area (Å²) in [4.78, 5) is 38.1. The van der Waals surface area contributed by atoms with E-state index in [-0.39, 0.29) is 17.9 Å². The lowest BCUT2D eigenvalue weighted by atomic mass is 10.0. The topological polar surface area (TPSA) is 91.4 Å². The standard InChI is InChI=1S/C27H28N2O5/c1-4-5-6-9-14-29-26(31)22-11-8-7-10-21(22)24(28-29)27(32)33-16-19-15-23(30)34-25-18(3)17(2)12-13-20(19)25/h7-8,10-13,15H,4-6,9,14,16H2,1-3H3. The van der Waals surface area contributed by atoms with E-state index in [9.17, 15) is 14.4 Å². The molecule has 0 aliphatic heterocycles. The summed E-state index contributed by atoms with van der Waals surface area (Å²) < 4.78 is 12.4. The van der Waals surface area contributed by atoms with Crippen molar-refractivity contribution in [3.63, 3.8) is 0 Å². The maximum atomic E-state index is 13.1. The second-order valence-corrected chi connectivity index (χ2v) is 8.53. The molecule has 4 rings (SSSR count). The summed E-state index contributed by atoms with van der Waals surface area (Å²) in [5.41, 5.74) is 2.28. The lowest BCUT2D eigenvalue weighted by molar-refractivity contribution is 0.0466. The molecule has 0 spiro atoms. The predicted octanol–water partition coefficient (Wildman–Crippen LogP) is 5.06. The van der Waals surface area contributed by atoms with Gasteiger partial charge in [0, 0.05) is 28.9 Å². The van der Waals surface area contributed by atoms with Crippen LogP contribution in [0.5, 0.6) is 0 Å². The molecule has 2 heterocycles. The molecule has 34 heavy (non-hydrogen) atoms.